The van der Waals surface area contributed by atoms with Crippen molar-refractivity contribution in [3.05, 3.63) is 114 Å². The number of nitrogens with two attached hydrogens (primary N) is 4. The molecule has 18 heteroatoms. The highest BCUT2D eigenvalue weighted by atomic mass is 32.2. The average Bonchev–Trinajstić information content (AvgIpc) is 2.96. The summed E-state index contributed by atoms with van der Waals surface area (Å²) in [6.07, 6.45) is 0. The number of hydrogen-bond acceptors (Lipinski definition) is 10. The van der Waals surface area contributed by atoms with Gasteiger partial charge in [0, 0.05) is 0 Å². The topological polar surface area (TPSA) is 259 Å². The van der Waals surface area contributed by atoms with Crippen LogP contribution in [0, 0.1) is 6.92 Å². The standard InChI is InChI=1S/C8H11NO4S.2C7H9NO2S.C6H7NO2S/c1-12-6-4-3-5-7(8(6)13-2)14(9,10)11;1-6-4-2-3-5-7(6)11(8,9)10;8-11(9,10)6-7-4-2-1-3-5-7;7-10(8,9)6-4-2-1-3-5-6/h3-5H,1-2H3,(H2,9,10,11);2-5H,1H3,(H2,8,9,10);1-5H,6H2,(H2,8,9,10);1-5H,(H2,7,8,9). The number of benzene rings is 4. The summed E-state index contributed by atoms with van der Waals surface area (Å²) in [6, 6.07) is 27.8. The van der Waals surface area contributed by atoms with E-state index in [0.717, 1.165) is 5.56 Å². The minimum Gasteiger partial charge on any atom is -0.493 e. The fourth-order valence-electron chi connectivity index (χ4n) is 3.37. The van der Waals surface area contributed by atoms with Crippen LogP contribution in [0.1, 0.15) is 11.1 Å². The lowest BCUT2D eigenvalue weighted by Gasteiger charge is -2.10. The van der Waals surface area contributed by atoms with E-state index >= 15 is 0 Å². The zero-order valence-corrected chi connectivity index (χ0v) is 28.3. The van der Waals surface area contributed by atoms with Gasteiger partial charge in [0.15, 0.2) is 11.5 Å². The highest BCUT2D eigenvalue weighted by Crippen LogP contribution is 2.32. The third-order valence-corrected chi connectivity index (χ3v) is 9.03. The van der Waals surface area contributed by atoms with Crippen LogP contribution in [-0.4, -0.2) is 47.9 Å². The van der Waals surface area contributed by atoms with Crippen molar-refractivity contribution in [2.75, 3.05) is 14.2 Å². The van der Waals surface area contributed by atoms with Crippen molar-refractivity contribution in [3.63, 3.8) is 0 Å². The van der Waals surface area contributed by atoms with E-state index in [4.69, 9.17) is 30.0 Å². The van der Waals surface area contributed by atoms with Crippen molar-refractivity contribution in [2.45, 2.75) is 27.4 Å². The Hall–Kier alpha value is -3.88. The number of methoxy groups -OCH3 is 2. The lowest BCUT2D eigenvalue weighted by Crippen LogP contribution is -2.14. The Morgan fingerprint density at radius 1 is 0.522 bits per heavy atom. The van der Waals surface area contributed by atoms with Crippen LogP contribution in [0.4, 0.5) is 0 Å². The first-order valence-electron chi connectivity index (χ1n) is 12.6. The van der Waals surface area contributed by atoms with Crippen LogP contribution in [0.5, 0.6) is 11.5 Å². The predicted molar refractivity (Wildman–Crippen MR) is 175 cm³/mol. The third-order valence-electron chi connectivity index (χ3n) is 5.36. The molecular weight excluding hydrogens is 681 g/mol. The first-order valence-corrected chi connectivity index (χ1v) is 19.0. The number of aryl methyl sites for hydroxylation is 1. The van der Waals surface area contributed by atoms with Gasteiger partial charge in [0.1, 0.15) is 4.90 Å². The number of ether oxygens (including phenoxy) is 2. The molecule has 0 aromatic heterocycles. The van der Waals surface area contributed by atoms with Crippen LogP contribution < -0.4 is 30.0 Å². The fourth-order valence-corrected chi connectivity index (χ4v) is 6.06. The summed E-state index contributed by atoms with van der Waals surface area (Å²) in [5.74, 6) is 0.366. The van der Waals surface area contributed by atoms with Gasteiger partial charge < -0.3 is 9.47 Å². The molecule has 252 valence electrons. The van der Waals surface area contributed by atoms with Crippen LogP contribution in [-0.2, 0) is 45.8 Å². The molecule has 0 atom stereocenters. The number of hydrogen-bond donors (Lipinski definition) is 4. The van der Waals surface area contributed by atoms with Crippen molar-refractivity contribution >= 4 is 40.1 Å². The maximum Gasteiger partial charge on any atom is 0.241 e. The highest BCUT2D eigenvalue weighted by Gasteiger charge is 2.18. The van der Waals surface area contributed by atoms with Gasteiger partial charge in [0.05, 0.1) is 29.8 Å². The van der Waals surface area contributed by atoms with Gasteiger partial charge >= 0.3 is 0 Å². The van der Waals surface area contributed by atoms with Gasteiger partial charge in [-0.05, 0) is 48.4 Å². The van der Waals surface area contributed by atoms with Gasteiger partial charge in [0.2, 0.25) is 40.1 Å². The molecule has 0 aliphatic heterocycles. The number of primary sulfonamides is 4. The molecule has 14 nitrogen and oxygen atoms in total. The van der Waals surface area contributed by atoms with Gasteiger partial charge in [-0.25, -0.2) is 54.2 Å². The molecule has 0 radical (unpaired) electrons. The summed E-state index contributed by atoms with van der Waals surface area (Å²) < 4.78 is 96.1. The molecular formula is C28H36N4O10S4. The van der Waals surface area contributed by atoms with Gasteiger partial charge in [-0.2, -0.15) is 0 Å². The number of para-hydroxylation sites is 1. The van der Waals surface area contributed by atoms with Crippen molar-refractivity contribution in [1.82, 2.24) is 0 Å². The highest BCUT2D eigenvalue weighted by molar-refractivity contribution is 7.89. The summed E-state index contributed by atoms with van der Waals surface area (Å²) in [5.41, 5.74) is 1.39. The smallest absolute Gasteiger partial charge is 0.241 e. The summed E-state index contributed by atoms with van der Waals surface area (Å²) in [5, 5.41) is 19.6. The van der Waals surface area contributed by atoms with Gasteiger partial charge in [-0.15, -0.1) is 0 Å². The van der Waals surface area contributed by atoms with E-state index in [0.29, 0.717) is 11.3 Å². The second kappa shape index (κ2) is 17.7. The average molecular weight is 717 g/mol. The van der Waals surface area contributed by atoms with Crippen molar-refractivity contribution in [1.29, 1.82) is 0 Å². The second-order valence-electron chi connectivity index (χ2n) is 9.00. The first kappa shape index (κ1) is 40.1. The molecule has 8 N–H and O–H groups in total. The van der Waals surface area contributed by atoms with E-state index in [9.17, 15) is 33.7 Å². The van der Waals surface area contributed by atoms with E-state index in [-0.39, 0.29) is 26.2 Å². The molecule has 0 aliphatic carbocycles. The largest absolute Gasteiger partial charge is 0.493 e. The fraction of sp³-hybridized carbons (Fsp3) is 0.143. The molecule has 0 aliphatic rings. The summed E-state index contributed by atoms with van der Waals surface area (Å²) in [4.78, 5) is 0.259. The summed E-state index contributed by atoms with van der Waals surface area (Å²) in [6.45, 7) is 1.71. The Labute approximate surface area is 270 Å². The predicted octanol–water partition coefficient (Wildman–Crippen LogP) is 1.80. The maximum absolute atomic E-state index is 11.1. The number of sulfonamides is 4. The number of rotatable bonds is 7. The molecule has 46 heavy (non-hydrogen) atoms. The van der Waals surface area contributed by atoms with E-state index in [2.05, 4.69) is 0 Å². The second-order valence-corrected chi connectivity index (χ2v) is 15.2. The SMILES string of the molecule is COc1cccc(S(N)(=O)=O)c1OC.Cc1ccccc1S(N)(=O)=O.NS(=O)(=O)Cc1ccccc1.NS(=O)(=O)c1ccccc1. The van der Waals surface area contributed by atoms with Crippen LogP contribution in [0.2, 0.25) is 0 Å². The molecule has 0 bridgehead atoms. The zero-order chi connectivity index (χ0) is 35.2. The Morgan fingerprint density at radius 3 is 1.35 bits per heavy atom. The molecule has 0 unspecified atom stereocenters. The third kappa shape index (κ3) is 14.9. The molecule has 4 rings (SSSR count). The Bertz CT molecular complexity index is 1990. The minimum atomic E-state index is -3.78. The van der Waals surface area contributed by atoms with Crippen LogP contribution >= 0.6 is 0 Å². The van der Waals surface area contributed by atoms with Crippen LogP contribution in [0.25, 0.3) is 0 Å². The molecule has 0 spiro atoms. The van der Waals surface area contributed by atoms with Gasteiger partial charge in [0.25, 0.3) is 0 Å². The van der Waals surface area contributed by atoms with Crippen LogP contribution in [0.15, 0.2) is 118 Å². The van der Waals surface area contributed by atoms with E-state index in [1.54, 1.807) is 73.7 Å². The van der Waals surface area contributed by atoms with E-state index < -0.39 is 40.1 Å². The van der Waals surface area contributed by atoms with E-state index in [1.165, 1.54) is 44.6 Å². The van der Waals surface area contributed by atoms with Crippen molar-refractivity contribution in [3.8, 4) is 11.5 Å². The zero-order valence-electron chi connectivity index (χ0n) is 25.0. The van der Waals surface area contributed by atoms with Crippen molar-refractivity contribution < 1.29 is 43.1 Å². The lowest BCUT2D eigenvalue weighted by molar-refractivity contribution is 0.347. The molecule has 0 amide bonds. The van der Waals surface area contributed by atoms with Gasteiger partial charge in [-0.1, -0.05) is 72.8 Å². The molecule has 0 saturated carbocycles. The van der Waals surface area contributed by atoms with Gasteiger partial charge in [-0.3, -0.25) is 0 Å². The minimum absolute atomic E-state index is 0.0839. The molecule has 0 fully saturated rings. The lowest BCUT2D eigenvalue weighted by atomic mass is 10.2. The molecule has 4 aromatic rings. The monoisotopic (exact) mass is 716 g/mol. The Morgan fingerprint density at radius 2 is 0.978 bits per heavy atom. The van der Waals surface area contributed by atoms with E-state index in [1.807, 2.05) is 6.07 Å². The van der Waals surface area contributed by atoms with Crippen LogP contribution in [0.3, 0.4) is 0 Å². The Kier molecular flexibility index (Phi) is 15.5. The Balaban J connectivity index is 0.000000309. The first-order chi connectivity index (χ1) is 21.2. The van der Waals surface area contributed by atoms with Crippen molar-refractivity contribution in [2.24, 2.45) is 20.6 Å². The quantitative estimate of drug-likeness (QED) is 0.216. The maximum atomic E-state index is 11.1. The molecule has 0 heterocycles. The summed E-state index contributed by atoms with van der Waals surface area (Å²) in [7, 11) is -11.4. The normalized spacial score (nSPS) is 11.3. The molecule has 0 saturated heterocycles. The molecule has 4 aromatic carbocycles. The summed E-state index contributed by atoms with van der Waals surface area (Å²) >= 11 is 0.